The van der Waals surface area contributed by atoms with Gasteiger partial charge in [-0.05, 0) is 6.92 Å². The summed E-state index contributed by atoms with van der Waals surface area (Å²) in [6.07, 6.45) is 0. The summed E-state index contributed by atoms with van der Waals surface area (Å²) in [6.45, 7) is 6.56. The summed E-state index contributed by atoms with van der Waals surface area (Å²) >= 11 is 0. The molecule has 62 valence electrons. The van der Waals surface area contributed by atoms with Crippen LogP contribution in [0.25, 0.3) is 0 Å². The summed E-state index contributed by atoms with van der Waals surface area (Å²) in [5, 5.41) is 2.22. The van der Waals surface area contributed by atoms with E-state index in [1.165, 1.54) is 6.92 Å². The molecule has 0 heterocycles. The van der Waals surface area contributed by atoms with E-state index in [0.717, 1.165) is 0 Å². The molecule has 0 rings (SSSR count). The number of hydrogen-bond acceptors (Lipinski definition) is 3. The molecular formula is C7H11NO3. The van der Waals surface area contributed by atoms with E-state index in [4.69, 9.17) is 0 Å². The van der Waals surface area contributed by atoms with Crippen LogP contribution in [0.2, 0.25) is 0 Å². The van der Waals surface area contributed by atoms with E-state index in [0.29, 0.717) is 0 Å². The van der Waals surface area contributed by atoms with E-state index in [1.54, 1.807) is 6.92 Å². The molecule has 4 heteroatoms. The zero-order chi connectivity index (χ0) is 8.85. The second-order valence-corrected chi connectivity index (χ2v) is 1.88. The lowest BCUT2D eigenvalue weighted by Gasteiger charge is -2.03. The van der Waals surface area contributed by atoms with E-state index in [2.05, 4.69) is 16.6 Å². The summed E-state index contributed by atoms with van der Waals surface area (Å²) in [5.74, 6) is -0.925. The molecular weight excluding hydrogens is 146 g/mol. The highest BCUT2D eigenvalue weighted by molar-refractivity contribution is 5.92. The maximum atomic E-state index is 10.7. The van der Waals surface area contributed by atoms with Gasteiger partial charge < -0.3 is 10.1 Å². The van der Waals surface area contributed by atoms with Crippen molar-refractivity contribution in [2.24, 2.45) is 0 Å². The lowest BCUT2D eigenvalue weighted by molar-refractivity contribution is -0.139. The Morgan fingerprint density at radius 2 is 2.09 bits per heavy atom. The van der Waals surface area contributed by atoms with Crippen LogP contribution in [0.5, 0.6) is 0 Å². The van der Waals surface area contributed by atoms with Crippen molar-refractivity contribution in [1.29, 1.82) is 0 Å². The van der Waals surface area contributed by atoms with E-state index >= 15 is 0 Å². The van der Waals surface area contributed by atoms with Crippen LogP contribution >= 0.6 is 0 Å². The maximum Gasteiger partial charge on any atom is 0.354 e. The Morgan fingerprint density at radius 3 is 2.45 bits per heavy atom. The molecule has 0 aliphatic carbocycles. The Kier molecular flexibility index (Phi) is 3.95. The standard InChI is InChI=1S/C7H11NO3/c1-4-11-7(10)5(2)8-6(3)9/h2,4H2,1,3H3,(H,8,9). The molecule has 1 amide bonds. The Hall–Kier alpha value is -1.32. The number of carbonyl (C=O) groups is 2. The third-order valence-corrected chi connectivity index (χ3v) is 0.849. The predicted octanol–water partition coefficient (Wildman–Crippen LogP) is 0.199. The molecule has 0 saturated heterocycles. The second kappa shape index (κ2) is 4.49. The monoisotopic (exact) mass is 157 g/mol. The van der Waals surface area contributed by atoms with Gasteiger partial charge in [0.2, 0.25) is 5.91 Å². The van der Waals surface area contributed by atoms with Crippen LogP contribution in [0.1, 0.15) is 13.8 Å². The van der Waals surface area contributed by atoms with Gasteiger partial charge in [-0.25, -0.2) is 4.79 Å². The van der Waals surface area contributed by atoms with Crippen molar-refractivity contribution < 1.29 is 14.3 Å². The van der Waals surface area contributed by atoms with Crippen molar-refractivity contribution in [2.75, 3.05) is 6.61 Å². The quantitative estimate of drug-likeness (QED) is 0.470. The van der Waals surface area contributed by atoms with Gasteiger partial charge in [0.1, 0.15) is 5.70 Å². The third kappa shape index (κ3) is 4.13. The normalized spacial score (nSPS) is 8.55. The molecule has 1 N–H and O–H groups in total. The molecule has 0 radical (unpaired) electrons. The van der Waals surface area contributed by atoms with Gasteiger partial charge in [0, 0.05) is 6.92 Å². The number of esters is 1. The summed E-state index contributed by atoms with van der Waals surface area (Å²) in [6, 6.07) is 0. The van der Waals surface area contributed by atoms with Crippen molar-refractivity contribution in [3.05, 3.63) is 12.3 Å². The zero-order valence-corrected chi connectivity index (χ0v) is 6.64. The first-order valence-electron chi connectivity index (χ1n) is 3.21. The minimum absolute atomic E-state index is 0.0284. The van der Waals surface area contributed by atoms with E-state index < -0.39 is 5.97 Å². The van der Waals surface area contributed by atoms with Gasteiger partial charge in [0.05, 0.1) is 6.61 Å². The zero-order valence-electron chi connectivity index (χ0n) is 6.64. The second-order valence-electron chi connectivity index (χ2n) is 1.88. The maximum absolute atomic E-state index is 10.7. The largest absolute Gasteiger partial charge is 0.461 e. The van der Waals surface area contributed by atoms with Crippen molar-refractivity contribution in [1.82, 2.24) is 5.32 Å². The van der Waals surface area contributed by atoms with Gasteiger partial charge in [-0.3, -0.25) is 4.79 Å². The van der Waals surface area contributed by atoms with Gasteiger partial charge in [0.25, 0.3) is 0 Å². The van der Waals surface area contributed by atoms with E-state index in [-0.39, 0.29) is 18.2 Å². The lowest BCUT2D eigenvalue weighted by atomic mass is 10.5. The average Bonchev–Trinajstić information content (AvgIpc) is 1.86. The summed E-state index contributed by atoms with van der Waals surface area (Å²) in [4.78, 5) is 21.1. The molecule has 0 aliphatic heterocycles. The fraction of sp³-hybridized carbons (Fsp3) is 0.429. The summed E-state index contributed by atoms with van der Waals surface area (Å²) in [5.41, 5.74) is -0.0284. The summed E-state index contributed by atoms with van der Waals surface area (Å²) in [7, 11) is 0. The minimum atomic E-state index is -0.595. The van der Waals surface area contributed by atoms with Gasteiger partial charge in [-0.1, -0.05) is 6.58 Å². The SMILES string of the molecule is C=C(NC(C)=O)C(=O)OCC. The number of hydrogen-bond donors (Lipinski definition) is 1. The molecule has 0 bridgehead atoms. The van der Waals surface area contributed by atoms with Crippen molar-refractivity contribution in [2.45, 2.75) is 13.8 Å². The molecule has 0 spiro atoms. The molecule has 0 aromatic heterocycles. The van der Waals surface area contributed by atoms with Crippen LogP contribution in [0.4, 0.5) is 0 Å². The van der Waals surface area contributed by atoms with Crippen molar-refractivity contribution in [3.63, 3.8) is 0 Å². The fourth-order valence-electron chi connectivity index (χ4n) is 0.482. The molecule has 0 aliphatic rings. The minimum Gasteiger partial charge on any atom is -0.461 e. The first kappa shape index (κ1) is 9.68. The predicted molar refractivity (Wildman–Crippen MR) is 39.6 cm³/mol. The molecule has 0 unspecified atom stereocenters. The molecule has 0 saturated carbocycles. The first-order chi connectivity index (χ1) is 5.07. The highest BCUT2D eigenvalue weighted by Gasteiger charge is 2.07. The van der Waals surface area contributed by atoms with Crippen LogP contribution in [0, 0.1) is 0 Å². The Balaban J connectivity index is 3.83. The Morgan fingerprint density at radius 1 is 1.55 bits per heavy atom. The van der Waals surface area contributed by atoms with Crippen LogP contribution < -0.4 is 5.32 Å². The molecule has 11 heavy (non-hydrogen) atoms. The Labute approximate surface area is 65.2 Å². The van der Waals surface area contributed by atoms with Crippen molar-refractivity contribution >= 4 is 11.9 Å². The number of amides is 1. The Bertz CT molecular complexity index is 186. The van der Waals surface area contributed by atoms with Crippen LogP contribution in [-0.4, -0.2) is 18.5 Å². The van der Waals surface area contributed by atoms with Gasteiger partial charge >= 0.3 is 5.97 Å². The molecule has 0 atom stereocenters. The number of nitrogens with one attached hydrogen (secondary N) is 1. The van der Waals surface area contributed by atoms with E-state index in [9.17, 15) is 9.59 Å². The number of ether oxygens (including phenoxy) is 1. The highest BCUT2D eigenvalue weighted by Crippen LogP contribution is 1.88. The van der Waals surface area contributed by atoms with E-state index in [1.807, 2.05) is 0 Å². The lowest BCUT2D eigenvalue weighted by Crippen LogP contribution is -2.25. The van der Waals surface area contributed by atoms with Gasteiger partial charge in [-0.15, -0.1) is 0 Å². The average molecular weight is 157 g/mol. The van der Waals surface area contributed by atoms with Gasteiger partial charge in [0.15, 0.2) is 0 Å². The van der Waals surface area contributed by atoms with Crippen LogP contribution in [-0.2, 0) is 14.3 Å². The number of rotatable bonds is 3. The smallest absolute Gasteiger partial charge is 0.354 e. The molecule has 0 aromatic carbocycles. The van der Waals surface area contributed by atoms with Crippen LogP contribution in [0.3, 0.4) is 0 Å². The summed E-state index contributed by atoms with van der Waals surface area (Å²) < 4.78 is 4.55. The highest BCUT2D eigenvalue weighted by atomic mass is 16.5. The van der Waals surface area contributed by atoms with Gasteiger partial charge in [-0.2, -0.15) is 0 Å². The topological polar surface area (TPSA) is 55.4 Å². The number of carbonyl (C=O) groups excluding carboxylic acids is 2. The van der Waals surface area contributed by atoms with Crippen molar-refractivity contribution in [3.8, 4) is 0 Å². The molecule has 4 nitrogen and oxygen atoms in total. The van der Waals surface area contributed by atoms with Crippen LogP contribution in [0.15, 0.2) is 12.3 Å². The molecule has 0 fully saturated rings. The third-order valence-electron chi connectivity index (χ3n) is 0.849. The first-order valence-corrected chi connectivity index (χ1v) is 3.21. The molecule has 0 aromatic rings. The fourth-order valence-corrected chi connectivity index (χ4v) is 0.482.